The van der Waals surface area contributed by atoms with Gasteiger partial charge in [-0.15, -0.1) is 0 Å². The Bertz CT molecular complexity index is 437. The Morgan fingerprint density at radius 2 is 2.12 bits per heavy atom. The van der Waals surface area contributed by atoms with Gasteiger partial charge in [-0.2, -0.15) is 0 Å². The van der Waals surface area contributed by atoms with E-state index in [9.17, 15) is 9.18 Å². The van der Waals surface area contributed by atoms with E-state index in [4.69, 9.17) is 16.7 Å². The van der Waals surface area contributed by atoms with Crippen molar-refractivity contribution in [1.29, 1.82) is 0 Å². The van der Waals surface area contributed by atoms with Gasteiger partial charge in [0, 0.05) is 11.1 Å². The molecule has 1 aromatic rings. The highest BCUT2D eigenvalue weighted by molar-refractivity contribution is 6.31. The number of hydrogen-bond donors (Lipinski definition) is 2. The predicted octanol–water partition coefficient (Wildman–Crippen LogP) is 2.77. The number of hydrogen-bond acceptors (Lipinski definition) is 2. The summed E-state index contributed by atoms with van der Waals surface area (Å²) < 4.78 is 13.5. The van der Waals surface area contributed by atoms with E-state index in [0.29, 0.717) is 16.1 Å². The second-order valence-electron chi connectivity index (χ2n) is 4.02. The first-order valence-electron chi connectivity index (χ1n) is 5.24. The summed E-state index contributed by atoms with van der Waals surface area (Å²) in [6.45, 7) is 3.16. The van der Waals surface area contributed by atoms with E-state index < -0.39 is 17.9 Å². The average Bonchev–Trinajstić information content (AvgIpc) is 2.25. The molecule has 0 aliphatic rings. The van der Waals surface area contributed by atoms with Crippen LogP contribution < -0.4 is 5.32 Å². The van der Waals surface area contributed by atoms with Crippen LogP contribution in [0.2, 0.25) is 5.02 Å². The van der Waals surface area contributed by atoms with Crippen LogP contribution in [-0.4, -0.2) is 18.1 Å². The molecule has 0 aliphatic heterocycles. The van der Waals surface area contributed by atoms with Gasteiger partial charge in [0.25, 0.3) is 0 Å². The molecule has 0 fully saturated rings. The molecule has 2 unspecified atom stereocenters. The van der Waals surface area contributed by atoms with Crippen molar-refractivity contribution < 1.29 is 14.3 Å². The van der Waals surface area contributed by atoms with E-state index >= 15 is 0 Å². The average molecular weight is 260 g/mol. The Labute approximate surface area is 105 Å². The summed E-state index contributed by atoms with van der Waals surface area (Å²) in [4.78, 5) is 11.0. The fourth-order valence-electron chi connectivity index (χ4n) is 1.72. The lowest BCUT2D eigenvalue weighted by atomic mass is 9.94. The van der Waals surface area contributed by atoms with Gasteiger partial charge in [-0.3, -0.25) is 4.79 Å². The van der Waals surface area contributed by atoms with Crippen LogP contribution in [0.3, 0.4) is 0 Å². The van der Waals surface area contributed by atoms with Crippen LogP contribution in [0.15, 0.2) is 12.1 Å². The molecule has 0 saturated heterocycles. The quantitative estimate of drug-likeness (QED) is 0.874. The molecule has 0 amide bonds. The number of carbonyl (C=O) groups is 1. The van der Waals surface area contributed by atoms with Crippen LogP contribution in [0.4, 0.5) is 4.39 Å². The number of aryl methyl sites for hydroxylation is 1. The van der Waals surface area contributed by atoms with Crippen LogP contribution in [0.25, 0.3) is 0 Å². The SMILES string of the molecule is CNC(c1cc(F)c(C)cc1Cl)C(C)C(=O)O. The Balaban J connectivity index is 3.21. The monoisotopic (exact) mass is 259 g/mol. The first kappa shape index (κ1) is 13.9. The van der Waals surface area contributed by atoms with Gasteiger partial charge in [-0.25, -0.2) is 4.39 Å². The molecule has 0 heterocycles. The highest BCUT2D eigenvalue weighted by Gasteiger charge is 2.26. The maximum Gasteiger partial charge on any atom is 0.308 e. The molecule has 0 radical (unpaired) electrons. The third-order valence-electron chi connectivity index (χ3n) is 2.81. The van der Waals surface area contributed by atoms with Gasteiger partial charge in [-0.05, 0) is 37.2 Å². The van der Waals surface area contributed by atoms with Crippen molar-refractivity contribution in [1.82, 2.24) is 5.32 Å². The molecule has 94 valence electrons. The van der Waals surface area contributed by atoms with E-state index in [2.05, 4.69) is 5.32 Å². The smallest absolute Gasteiger partial charge is 0.308 e. The molecule has 0 bridgehead atoms. The second kappa shape index (κ2) is 5.47. The first-order chi connectivity index (χ1) is 7.88. The Morgan fingerprint density at radius 3 is 2.59 bits per heavy atom. The molecule has 3 nitrogen and oxygen atoms in total. The summed E-state index contributed by atoms with van der Waals surface area (Å²) in [6, 6.07) is 2.28. The molecule has 0 aromatic heterocycles. The fourth-order valence-corrected chi connectivity index (χ4v) is 2.05. The van der Waals surface area contributed by atoms with Gasteiger partial charge in [-0.1, -0.05) is 18.5 Å². The largest absolute Gasteiger partial charge is 0.481 e. The van der Waals surface area contributed by atoms with E-state index in [0.717, 1.165) is 0 Å². The molecule has 1 rings (SSSR count). The van der Waals surface area contributed by atoms with Crippen LogP contribution in [0.1, 0.15) is 24.1 Å². The normalized spacial score (nSPS) is 14.4. The minimum atomic E-state index is -0.957. The summed E-state index contributed by atoms with van der Waals surface area (Å²) >= 11 is 6.02. The van der Waals surface area contributed by atoms with Crippen molar-refractivity contribution in [2.24, 2.45) is 5.92 Å². The Morgan fingerprint density at radius 1 is 1.53 bits per heavy atom. The standard InChI is InChI=1S/C12H15ClFNO2/c1-6-4-9(13)8(5-10(6)14)11(15-3)7(2)12(16)17/h4-5,7,11,15H,1-3H3,(H,16,17). The highest BCUT2D eigenvalue weighted by atomic mass is 35.5. The zero-order valence-corrected chi connectivity index (χ0v) is 10.7. The number of benzene rings is 1. The van der Waals surface area contributed by atoms with Crippen molar-refractivity contribution in [3.8, 4) is 0 Å². The minimum absolute atomic E-state index is 0.372. The number of aliphatic carboxylic acids is 1. The second-order valence-corrected chi connectivity index (χ2v) is 4.42. The predicted molar refractivity (Wildman–Crippen MR) is 64.7 cm³/mol. The van der Waals surface area contributed by atoms with Crippen molar-refractivity contribution in [2.45, 2.75) is 19.9 Å². The Kier molecular flexibility index (Phi) is 4.48. The third-order valence-corrected chi connectivity index (χ3v) is 3.14. The lowest BCUT2D eigenvalue weighted by molar-refractivity contribution is -0.142. The summed E-state index contributed by atoms with van der Waals surface area (Å²) in [7, 11) is 1.62. The van der Waals surface area contributed by atoms with Crippen LogP contribution in [0, 0.1) is 18.7 Å². The van der Waals surface area contributed by atoms with E-state index in [-0.39, 0.29) is 5.82 Å². The van der Waals surface area contributed by atoms with Gasteiger partial charge in [0.2, 0.25) is 0 Å². The van der Waals surface area contributed by atoms with Crippen LogP contribution in [-0.2, 0) is 4.79 Å². The maximum atomic E-state index is 13.5. The summed E-state index contributed by atoms with van der Waals surface area (Å²) in [6.07, 6.45) is 0. The Hall–Kier alpha value is -1.13. The molecule has 0 spiro atoms. The molecule has 0 saturated carbocycles. The molecule has 17 heavy (non-hydrogen) atoms. The highest BCUT2D eigenvalue weighted by Crippen LogP contribution is 2.30. The summed E-state index contributed by atoms with van der Waals surface area (Å²) in [5.41, 5.74) is 0.906. The van der Waals surface area contributed by atoms with E-state index in [1.165, 1.54) is 12.1 Å². The molecule has 1 aromatic carbocycles. The third kappa shape index (κ3) is 2.96. The molecular formula is C12H15ClFNO2. The molecule has 2 atom stereocenters. The van der Waals surface area contributed by atoms with Gasteiger partial charge in [0.1, 0.15) is 5.82 Å². The van der Waals surface area contributed by atoms with Crippen molar-refractivity contribution in [3.05, 3.63) is 34.1 Å². The number of carboxylic acids is 1. The van der Waals surface area contributed by atoms with Gasteiger partial charge in [0.15, 0.2) is 0 Å². The molecular weight excluding hydrogens is 245 g/mol. The van der Waals surface area contributed by atoms with Crippen molar-refractivity contribution in [2.75, 3.05) is 7.05 Å². The first-order valence-corrected chi connectivity index (χ1v) is 5.62. The zero-order chi connectivity index (χ0) is 13.2. The zero-order valence-electron chi connectivity index (χ0n) is 9.92. The number of halogens is 2. The lowest BCUT2D eigenvalue weighted by Gasteiger charge is -2.22. The lowest BCUT2D eigenvalue weighted by Crippen LogP contribution is -2.29. The topological polar surface area (TPSA) is 49.3 Å². The fraction of sp³-hybridized carbons (Fsp3) is 0.417. The molecule has 2 N–H and O–H groups in total. The van der Waals surface area contributed by atoms with Gasteiger partial charge in [0.05, 0.1) is 5.92 Å². The summed E-state index contributed by atoms with van der Waals surface area (Å²) in [5, 5.41) is 12.2. The van der Waals surface area contributed by atoms with Crippen molar-refractivity contribution >= 4 is 17.6 Å². The van der Waals surface area contributed by atoms with Crippen molar-refractivity contribution in [3.63, 3.8) is 0 Å². The van der Waals surface area contributed by atoms with Gasteiger partial charge < -0.3 is 10.4 Å². The molecule has 5 heteroatoms. The number of rotatable bonds is 4. The van der Waals surface area contributed by atoms with Crippen LogP contribution in [0.5, 0.6) is 0 Å². The number of nitrogens with one attached hydrogen (secondary N) is 1. The summed E-state index contributed by atoms with van der Waals surface area (Å²) in [5.74, 6) is -2.04. The van der Waals surface area contributed by atoms with E-state index in [1.807, 2.05) is 0 Å². The van der Waals surface area contributed by atoms with E-state index in [1.54, 1.807) is 20.9 Å². The molecule has 0 aliphatic carbocycles. The number of carboxylic acid groups (broad SMARTS) is 1. The minimum Gasteiger partial charge on any atom is -0.481 e. The maximum absolute atomic E-state index is 13.5. The van der Waals surface area contributed by atoms with Crippen LogP contribution >= 0.6 is 11.6 Å². The van der Waals surface area contributed by atoms with Gasteiger partial charge >= 0.3 is 5.97 Å².